The van der Waals surface area contributed by atoms with Crippen molar-refractivity contribution in [1.82, 2.24) is 10.2 Å². The van der Waals surface area contributed by atoms with E-state index in [4.69, 9.17) is 9.47 Å². The fourth-order valence-electron chi connectivity index (χ4n) is 7.31. The van der Waals surface area contributed by atoms with Crippen molar-refractivity contribution < 1.29 is 33.8 Å². The minimum atomic E-state index is -1.25. The summed E-state index contributed by atoms with van der Waals surface area (Å²) in [5.41, 5.74) is 1.29. The Morgan fingerprint density at radius 2 is 1.89 bits per heavy atom. The zero-order valence-electron chi connectivity index (χ0n) is 26.6. The normalized spacial score (nSPS) is 26.7. The van der Waals surface area contributed by atoms with Gasteiger partial charge in [0, 0.05) is 18.7 Å². The van der Waals surface area contributed by atoms with E-state index in [-0.39, 0.29) is 43.3 Å². The average Bonchev–Trinajstić information content (AvgIpc) is 3.62. The molecular weight excluding hydrogens is 562 g/mol. The third kappa shape index (κ3) is 5.94. The highest BCUT2D eigenvalue weighted by Crippen LogP contribution is 2.59. The number of rotatable bonds is 14. The van der Waals surface area contributed by atoms with E-state index >= 15 is 0 Å². The molecule has 4 rings (SSSR count). The number of benzene rings is 1. The topological polar surface area (TPSA) is 125 Å². The summed E-state index contributed by atoms with van der Waals surface area (Å²) in [6.45, 7) is 16.8. The van der Waals surface area contributed by atoms with Crippen LogP contribution in [0.15, 0.2) is 43.5 Å². The number of anilines is 1. The number of aliphatic hydroxyl groups excluding tert-OH is 1. The zero-order valence-corrected chi connectivity index (χ0v) is 26.6. The van der Waals surface area contributed by atoms with E-state index in [2.05, 4.69) is 18.5 Å². The number of allylic oxidation sites excluding steroid dienone is 1. The number of amides is 3. The molecule has 10 nitrogen and oxygen atoms in total. The summed E-state index contributed by atoms with van der Waals surface area (Å²) in [6.07, 6.45) is 3.84. The summed E-state index contributed by atoms with van der Waals surface area (Å²) in [4.78, 5) is 58.1. The molecule has 3 aliphatic rings. The molecule has 10 heteroatoms. The molecule has 3 aliphatic heterocycles. The predicted octanol–water partition coefficient (Wildman–Crippen LogP) is 3.23. The summed E-state index contributed by atoms with van der Waals surface area (Å²) in [5, 5.41) is 13.3. The first-order valence-electron chi connectivity index (χ1n) is 15.6. The summed E-state index contributed by atoms with van der Waals surface area (Å²) < 4.78 is 12.3. The third-order valence-electron chi connectivity index (χ3n) is 9.32. The highest BCUT2D eigenvalue weighted by Gasteiger charge is 2.76. The van der Waals surface area contributed by atoms with Crippen LogP contribution in [0.3, 0.4) is 0 Å². The Morgan fingerprint density at radius 1 is 1.20 bits per heavy atom. The molecule has 3 heterocycles. The Bertz CT molecular complexity index is 1280. The molecule has 2 bridgehead atoms. The van der Waals surface area contributed by atoms with E-state index in [1.165, 1.54) is 4.90 Å². The molecule has 1 spiro atoms. The summed E-state index contributed by atoms with van der Waals surface area (Å²) >= 11 is 0. The first-order chi connectivity index (χ1) is 20.9. The van der Waals surface area contributed by atoms with Crippen molar-refractivity contribution in [3.05, 3.63) is 54.6 Å². The van der Waals surface area contributed by atoms with E-state index in [1.54, 1.807) is 24.0 Å². The van der Waals surface area contributed by atoms with E-state index < -0.39 is 47.7 Å². The van der Waals surface area contributed by atoms with Crippen LogP contribution in [0.2, 0.25) is 0 Å². The van der Waals surface area contributed by atoms with Gasteiger partial charge in [0.15, 0.2) is 0 Å². The molecule has 0 aliphatic carbocycles. The molecule has 240 valence electrons. The van der Waals surface area contributed by atoms with Gasteiger partial charge in [-0.3, -0.25) is 19.2 Å². The van der Waals surface area contributed by atoms with E-state index in [1.807, 2.05) is 45.9 Å². The van der Waals surface area contributed by atoms with E-state index in [9.17, 15) is 24.3 Å². The Balaban J connectivity index is 1.69. The van der Waals surface area contributed by atoms with Crippen molar-refractivity contribution in [2.45, 2.75) is 90.2 Å². The number of aryl methyl sites for hydroxylation is 2. The fraction of sp³-hybridized carbons (Fsp3) is 0.588. The van der Waals surface area contributed by atoms with Gasteiger partial charge in [0.05, 0.1) is 37.1 Å². The molecule has 1 aromatic rings. The summed E-state index contributed by atoms with van der Waals surface area (Å²) in [5.74, 6) is -3.49. The van der Waals surface area contributed by atoms with Gasteiger partial charge in [0.2, 0.25) is 11.8 Å². The lowest BCUT2D eigenvalue weighted by Crippen LogP contribution is -2.60. The van der Waals surface area contributed by atoms with E-state index in [0.29, 0.717) is 25.7 Å². The van der Waals surface area contributed by atoms with Gasteiger partial charge in [-0.25, -0.2) is 0 Å². The maximum absolute atomic E-state index is 14.8. The summed E-state index contributed by atoms with van der Waals surface area (Å²) in [7, 11) is 0. The monoisotopic (exact) mass is 609 g/mol. The minimum absolute atomic E-state index is 0.128. The molecule has 1 aromatic carbocycles. The smallest absolute Gasteiger partial charge is 0.312 e. The number of nitrogens with zero attached hydrogens (tertiary/aromatic N) is 2. The van der Waals surface area contributed by atoms with Crippen LogP contribution in [0.5, 0.6) is 0 Å². The molecule has 3 saturated heterocycles. The van der Waals surface area contributed by atoms with Crippen molar-refractivity contribution in [3.8, 4) is 0 Å². The average molecular weight is 610 g/mol. The molecule has 44 heavy (non-hydrogen) atoms. The Hall–Kier alpha value is -3.50. The summed E-state index contributed by atoms with van der Waals surface area (Å²) in [6, 6.07) is 4.08. The zero-order chi connectivity index (χ0) is 32.3. The van der Waals surface area contributed by atoms with Crippen LogP contribution in [-0.2, 0) is 28.7 Å². The van der Waals surface area contributed by atoms with Gasteiger partial charge in [0.25, 0.3) is 5.91 Å². The van der Waals surface area contributed by atoms with Crippen molar-refractivity contribution in [3.63, 3.8) is 0 Å². The Labute approximate surface area is 260 Å². The van der Waals surface area contributed by atoms with Crippen LogP contribution in [-0.4, -0.2) is 83.3 Å². The second kappa shape index (κ2) is 13.6. The van der Waals surface area contributed by atoms with Gasteiger partial charge in [0.1, 0.15) is 17.7 Å². The van der Waals surface area contributed by atoms with Gasteiger partial charge in [-0.05, 0) is 57.1 Å². The molecule has 0 radical (unpaired) electrons. The number of carbonyl (C=O) groups excluding carboxylic acids is 4. The van der Waals surface area contributed by atoms with Gasteiger partial charge in [-0.15, -0.1) is 13.2 Å². The molecule has 3 amide bonds. The second-order valence-electron chi connectivity index (χ2n) is 12.7. The number of esters is 1. The van der Waals surface area contributed by atoms with E-state index in [0.717, 1.165) is 16.8 Å². The number of likely N-dealkylation sites (tertiary alicyclic amines) is 1. The molecule has 0 saturated carbocycles. The number of nitrogens with one attached hydrogen (secondary N) is 1. The first-order valence-corrected chi connectivity index (χ1v) is 15.6. The van der Waals surface area contributed by atoms with Crippen LogP contribution >= 0.6 is 0 Å². The molecule has 7 atom stereocenters. The third-order valence-corrected chi connectivity index (χ3v) is 9.32. The van der Waals surface area contributed by atoms with Gasteiger partial charge < -0.3 is 29.7 Å². The van der Waals surface area contributed by atoms with Crippen molar-refractivity contribution in [1.29, 1.82) is 0 Å². The second-order valence-corrected chi connectivity index (χ2v) is 12.7. The Kier molecular flexibility index (Phi) is 10.4. The van der Waals surface area contributed by atoms with Gasteiger partial charge in [-0.2, -0.15) is 0 Å². The maximum Gasteiger partial charge on any atom is 0.312 e. The van der Waals surface area contributed by atoms with Crippen LogP contribution in [0.1, 0.15) is 57.6 Å². The van der Waals surface area contributed by atoms with Crippen molar-refractivity contribution in [2.75, 3.05) is 24.6 Å². The molecule has 0 unspecified atom stereocenters. The minimum Gasteiger partial charge on any atom is -0.460 e. The molecule has 3 fully saturated rings. The van der Waals surface area contributed by atoms with Crippen LogP contribution in [0, 0.1) is 31.6 Å². The maximum atomic E-state index is 14.8. The van der Waals surface area contributed by atoms with Crippen molar-refractivity contribution in [2.24, 2.45) is 17.8 Å². The van der Waals surface area contributed by atoms with Crippen LogP contribution < -0.4 is 10.2 Å². The van der Waals surface area contributed by atoms with Crippen LogP contribution in [0.4, 0.5) is 5.69 Å². The van der Waals surface area contributed by atoms with Crippen LogP contribution in [0.25, 0.3) is 0 Å². The first kappa shape index (κ1) is 33.4. The fourth-order valence-corrected chi connectivity index (χ4v) is 7.31. The largest absolute Gasteiger partial charge is 0.460 e. The molecule has 2 N–H and O–H groups in total. The lowest BCUT2D eigenvalue weighted by Gasteiger charge is -2.41. The number of para-hydroxylation sites is 1. The molecular formula is C34H47N3O7. The number of ether oxygens (including phenoxy) is 2. The van der Waals surface area contributed by atoms with Gasteiger partial charge in [-0.1, -0.05) is 44.2 Å². The lowest BCUT2D eigenvalue weighted by molar-refractivity contribution is -0.160. The SMILES string of the molecule is C=CCCC(=O)NC[C@H](C)OC(=O)[C@@H]1[C@H]2C(=O)N([C@@H](CO)C(C)C)[C@H](C(=O)N(CC=C)c3c(C)cccc3C)[C@]23CC[C@H]1O3. The number of hydrogen-bond donors (Lipinski definition) is 2. The Morgan fingerprint density at radius 3 is 2.48 bits per heavy atom. The number of aliphatic hydroxyl groups is 1. The standard InChI is InChI=1S/C34H47N3O7/c1-8-10-14-26(39)35-18-23(7)43-33(42)27-25-15-16-34(44-25)28(27)31(40)37(24(19-38)20(3)4)30(34)32(41)36(17-9-2)29-21(5)12-11-13-22(29)6/h8-9,11-13,20,23-25,27-28,30,38H,1-2,10,14-19H2,3-7H3,(H,35,39)/t23-,24-,25+,27-,28-,30+,34-/m0/s1. The number of fused-ring (bicyclic) bond motifs is 1. The highest BCUT2D eigenvalue weighted by atomic mass is 16.6. The highest BCUT2D eigenvalue weighted by molar-refractivity contribution is 6.05. The molecule has 0 aromatic heterocycles. The predicted molar refractivity (Wildman–Crippen MR) is 167 cm³/mol. The van der Waals surface area contributed by atoms with Crippen molar-refractivity contribution >= 4 is 29.4 Å². The lowest BCUT2D eigenvalue weighted by atomic mass is 9.70. The van der Waals surface area contributed by atoms with Gasteiger partial charge >= 0.3 is 5.97 Å². The quantitative estimate of drug-likeness (QED) is 0.245. The number of carbonyl (C=O) groups is 4. The number of hydrogen-bond acceptors (Lipinski definition) is 7.